The molecule has 1 aromatic carbocycles. The van der Waals surface area contributed by atoms with Crippen LogP contribution in [0.1, 0.15) is 11.3 Å². The predicted molar refractivity (Wildman–Crippen MR) is 152 cm³/mol. The minimum atomic E-state index is -0.615. The molecule has 3 N–H and O–H groups in total. The number of aryl methyl sites for hydroxylation is 1. The quantitative estimate of drug-likeness (QED) is 0.168. The number of amides is 2. The van der Waals surface area contributed by atoms with E-state index in [1.165, 1.54) is 34.8 Å². The summed E-state index contributed by atoms with van der Waals surface area (Å²) in [7, 11) is 1.67. The van der Waals surface area contributed by atoms with E-state index in [9.17, 15) is 9.18 Å². The lowest BCUT2D eigenvalue weighted by Crippen LogP contribution is -2.19. The number of carbonyl (C=O) groups is 1. The predicted octanol–water partition coefficient (Wildman–Crippen LogP) is 6.43. The van der Waals surface area contributed by atoms with E-state index in [2.05, 4.69) is 30.9 Å². The number of hydrogen-bond donors (Lipinski definition) is 3. The van der Waals surface area contributed by atoms with Gasteiger partial charge in [0.25, 0.3) is 0 Å². The van der Waals surface area contributed by atoms with E-state index in [-0.39, 0.29) is 11.4 Å². The molecular formula is C27H25FN6O3S2. The van der Waals surface area contributed by atoms with Crippen LogP contribution in [0, 0.1) is 12.7 Å². The number of nitrogens with zero attached hydrogens (tertiary/aromatic N) is 3. The maximum Gasteiger partial charge on any atom is 0.325 e. The van der Waals surface area contributed by atoms with Gasteiger partial charge in [0.05, 0.1) is 33.1 Å². The van der Waals surface area contributed by atoms with Gasteiger partial charge in [-0.05, 0) is 36.8 Å². The van der Waals surface area contributed by atoms with E-state index in [1.54, 1.807) is 25.4 Å². The number of nitrogens with one attached hydrogen (secondary N) is 3. The third kappa shape index (κ3) is 6.73. The molecule has 0 spiro atoms. The van der Waals surface area contributed by atoms with Gasteiger partial charge < -0.3 is 20.1 Å². The van der Waals surface area contributed by atoms with Crippen molar-refractivity contribution in [3.63, 3.8) is 0 Å². The molecule has 12 heteroatoms. The molecule has 0 aliphatic heterocycles. The number of carbonyl (C=O) groups excluding carboxylic acids is 1. The highest BCUT2D eigenvalue weighted by Gasteiger charge is 2.14. The number of thiazole rings is 1. The average Bonchev–Trinajstić information content (AvgIpc) is 3.55. The Bertz CT molecular complexity index is 1590. The molecule has 0 unspecified atom stereocenters. The standard InChI is InChI=1S/C27H25FN6O3S2/c1-16-15-38-27(32-16)34-26(35)33-18-4-6-22(19(28)11-18)37-23-7-8-30-21-12-24(39-25(21)23)20-5-3-17(14-31-20)13-29-9-10-36-2/h3-8,11-12,14-15,29H,9-10,13H2,1-2H3,(H2,32,33,34,35). The molecule has 5 aromatic rings. The Hall–Kier alpha value is -3.97. The summed E-state index contributed by atoms with van der Waals surface area (Å²) in [6, 6.07) is 11.4. The molecule has 5 rings (SSSR count). The molecule has 0 saturated carbocycles. The molecule has 0 bridgehead atoms. The molecule has 39 heavy (non-hydrogen) atoms. The van der Waals surface area contributed by atoms with Crippen LogP contribution in [0.5, 0.6) is 11.5 Å². The number of methoxy groups -OCH3 is 1. The van der Waals surface area contributed by atoms with E-state index in [4.69, 9.17) is 9.47 Å². The topological polar surface area (TPSA) is 110 Å². The fourth-order valence-corrected chi connectivity index (χ4v) is 5.38. The van der Waals surface area contributed by atoms with Gasteiger partial charge in [0.15, 0.2) is 16.7 Å². The summed E-state index contributed by atoms with van der Waals surface area (Å²) < 4.78 is 26.7. The summed E-state index contributed by atoms with van der Waals surface area (Å²) in [6.07, 6.45) is 3.46. The summed E-state index contributed by atoms with van der Waals surface area (Å²) in [4.78, 5) is 26.3. The molecule has 0 fully saturated rings. The number of anilines is 2. The molecule has 4 aromatic heterocycles. The first-order chi connectivity index (χ1) is 19.0. The van der Waals surface area contributed by atoms with Crippen molar-refractivity contribution in [3.8, 4) is 22.1 Å². The molecular weight excluding hydrogens is 539 g/mol. The first kappa shape index (κ1) is 26.6. The highest BCUT2D eigenvalue weighted by molar-refractivity contribution is 7.22. The maximum atomic E-state index is 14.9. The number of aromatic nitrogens is 3. The van der Waals surface area contributed by atoms with Crippen LogP contribution in [-0.2, 0) is 11.3 Å². The van der Waals surface area contributed by atoms with Gasteiger partial charge in [-0.2, -0.15) is 0 Å². The van der Waals surface area contributed by atoms with Crippen molar-refractivity contribution in [1.29, 1.82) is 0 Å². The monoisotopic (exact) mass is 564 g/mol. The fraction of sp³-hybridized carbons (Fsp3) is 0.185. The first-order valence-corrected chi connectivity index (χ1v) is 13.7. The molecule has 0 atom stereocenters. The number of halogens is 1. The lowest BCUT2D eigenvalue weighted by molar-refractivity contribution is 0.199. The summed E-state index contributed by atoms with van der Waals surface area (Å²) >= 11 is 2.78. The molecule has 0 radical (unpaired) electrons. The maximum absolute atomic E-state index is 14.9. The molecule has 0 aliphatic carbocycles. The van der Waals surface area contributed by atoms with Gasteiger partial charge in [0, 0.05) is 55.8 Å². The Morgan fingerprint density at radius 2 is 1.97 bits per heavy atom. The van der Waals surface area contributed by atoms with Crippen molar-refractivity contribution >= 4 is 49.7 Å². The van der Waals surface area contributed by atoms with Crippen molar-refractivity contribution in [3.05, 3.63) is 77.3 Å². The van der Waals surface area contributed by atoms with Gasteiger partial charge in [-0.3, -0.25) is 15.3 Å². The van der Waals surface area contributed by atoms with Crippen molar-refractivity contribution in [2.24, 2.45) is 0 Å². The number of fused-ring (bicyclic) bond motifs is 1. The van der Waals surface area contributed by atoms with Crippen LogP contribution in [-0.4, -0.2) is 41.2 Å². The number of ether oxygens (including phenoxy) is 2. The van der Waals surface area contributed by atoms with Crippen LogP contribution in [0.15, 0.2) is 60.2 Å². The van der Waals surface area contributed by atoms with Crippen LogP contribution in [0.4, 0.5) is 20.0 Å². The summed E-state index contributed by atoms with van der Waals surface area (Å²) in [5, 5.41) is 10.8. The van der Waals surface area contributed by atoms with Crippen LogP contribution in [0.2, 0.25) is 0 Å². The number of hydrogen-bond acceptors (Lipinski definition) is 9. The average molecular weight is 565 g/mol. The zero-order chi connectivity index (χ0) is 27.2. The lowest BCUT2D eigenvalue weighted by atomic mass is 10.2. The Labute approximate surface area is 232 Å². The van der Waals surface area contributed by atoms with Crippen LogP contribution in [0.25, 0.3) is 20.8 Å². The number of thiophene rings is 1. The normalized spacial score (nSPS) is 11.1. The third-order valence-corrected chi connectivity index (χ3v) is 7.55. The molecule has 4 heterocycles. The lowest BCUT2D eigenvalue weighted by Gasteiger charge is -2.10. The Morgan fingerprint density at radius 3 is 2.72 bits per heavy atom. The van der Waals surface area contributed by atoms with Crippen LogP contribution < -0.4 is 20.7 Å². The van der Waals surface area contributed by atoms with Crippen LogP contribution >= 0.6 is 22.7 Å². The second-order valence-electron chi connectivity index (χ2n) is 8.48. The van der Waals surface area contributed by atoms with Crippen molar-refractivity contribution in [1.82, 2.24) is 20.3 Å². The summed E-state index contributed by atoms with van der Waals surface area (Å²) in [5.74, 6) is -0.106. The fourth-order valence-electron chi connectivity index (χ4n) is 3.65. The largest absolute Gasteiger partial charge is 0.453 e. The molecule has 9 nitrogen and oxygen atoms in total. The first-order valence-electron chi connectivity index (χ1n) is 12.0. The Morgan fingerprint density at radius 1 is 1.08 bits per heavy atom. The molecule has 0 aliphatic rings. The highest BCUT2D eigenvalue weighted by atomic mass is 32.1. The Balaban J connectivity index is 1.27. The third-order valence-electron chi connectivity index (χ3n) is 5.51. The molecule has 0 saturated heterocycles. The second-order valence-corrected chi connectivity index (χ2v) is 10.4. The van der Waals surface area contributed by atoms with E-state index >= 15 is 0 Å². The Kier molecular flexibility index (Phi) is 8.37. The number of pyridine rings is 2. The SMILES string of the molecule is COCCNCc1ccc(-c2cc3nccc(Oc4ccc(NC(=O)Nc5nc(C)cs5)cc4F)c3s2)nc1. The van der Waals surface area contributed by atoms with Crippen molar-refractivity contribution in [2.75, 3.05) is 30.9 Å². The smallest absolute Gasteiger partial charge is 0.325 e. The van der Waals surface area contributed by atoms with Crippen molar-refractivity contribution < 1.29 is 18.7 Å². The van der Waals surface area contributed by atoms with E-state index in [0.29, 0.717) is 24.0 Å². The molecule has 200 valence electrons. The van der Waals surface area contributed by atoms with E-state index in [0.717, 1.165) is 38.6 Å². The number of rotatable bonds is 10. The second kappa shape index (κ2) is 12.3. The van der Waals surface area contributed by atoms with Gasteiger partial charge >= 0.3 is 6.03 Å². The van der Waals surface area contributed by atoms with Gasteiger partial charge in [0.2, 0.25) is 0 Å². The molecule has 2 amide bonds. The van der Waals surface area contributed by atoms with Gasteiger partial charge in [0.1, 0.15) is 5.75 Å². The number of benzene rings is 1. The summed E-state index contributed by atoms with van der Waals surface area (Å²) in [6.45, 7) is 3.96. The minimum absolute atomic E-state index is 0.0300. The zero-order valence-electron chi connectivity index (χ0n) is 21.2. The van der Waals surface area contributed by atoms with Gasteiger partial charge in [-0.25, -0.2) is 14.2 Å². The minimum Gasteiger partial charge on any atom is -0.453 e. The van der Waals surface area contributed by atoms with E-state index < -0.39 is 11.8 Å². The van der Waals surface area contributed by atoms with E-state index in [1.807, 2.05) is 36.7 Å². The van der Waals surface area contributed by atoms with Gasteiger partial charge in [-0.1, -0.05) is 6.07 Å². The van der Waals surface area contributed by atoms with Crippen molar-refractivity contribution in [2.45, 2.75) is 13.5 Å². The zero-order valence-corrected chi connectivity index (χ0v) is 22.8. The van der Waals surface area contributed by atoms with Crippen LogP contribution in [0.3, 0.4) is 0 Å². The highest BCUT2D eigenvalue weighted by Crippen LogP contribution is 2.39. The van der Waals surface area contributed by atoms with Gasteiger partial charge in [-0.15, -0.1) is 22.7 Å². The number of urea groups is 1. The summed E-state index contributed by atoms with van der Waals surface area (Å²) in [5.41, 5.74) is 3.71.